The van der Waals surface area contributed by atoms with Gasteiger partial charge in [0, 0.05) is 39.0 Å². The van der Waals surface area contributed by atoms with Crippen molar-refractivity contribution >= 4 is 22.6 Å². The van der Waals surface area contributed by atoms with E-state index in [0.717, 1.165) is 47.6 Å². The highest BCUT2D eigenvalue weighted by Gasteiger charge is 2.74. The van der Waals surface area contributed by atoms with E-state index in [9.17, 15) is 15.0 Å². The molecule has 8 atom stereocenters. The molecule has 59 heavy (non-hydrogen) atoms. The van der Waals surface area contributed by atoms with Gasteiger partial charge in [0.25, 0.3) is 0 Å². The van der Waals surface area contributed by atoms with Crippen LogP contribution in [0.4, 0.5) is 4.79 Å². The van der Waals surface area contributed by atoms with E-state index in [2.05, 4.69) is 32.1 Å². The maximum atomic E-state index is 15.0. The van der Waals surface area contributed by atoms with Crippen molar-refractivity contribution in [1.29, 1.82) is 0 Å². The van der Waals surface area contributed by atoms with Gasteiger partial charge in [0.05, 0.1) is 46.1 Å². The number of allylic oxidation sites excluding steroid dienone is 4. The van der Waals surface area contributed by atoms with Gasteiger partial charge in [0.15, 0.2) is 5.78 Å². The molecule has 0 saturated heterocycles. The second-order valence-electron chi connectivity index (χ2n) is 18.3. The van der Waals surface area contributed by atoms with Gasteiger partial charge in [0.2, 0.25) is 0 Å². The molecule has 0 aromatic heterocycles. The molecule has 2 N–H and O–H groups in total. The minimum Gasteiger partial charge on any atom is -0.497 e. The standard InChI is InChI=1S/C50H55NO8/c1-46-21-18-36(52)28-48(46)24-25-50(40(29-48)44(53)33-11-14-37(56-3)15-12-33)42(46)19-22-47(2)43(50)20-23-49(47,55)31-51(30-35-13-16-38(57-4)27-41(35)58-5)45(54)59-39-17-10-32-8-6-7-9-34(32)26-39/h6-17,24-27,29,36,42-43,52,55H,18-23,28,30-31H2,1-5H3/t36?,42-,43-,46-,47+,48+,49-,50-/m1/s1. The molecule has 6 aliphatic carbocycles. The van der Waals surface area contributed by atoms with Gasteiger partial charge >= 0.3 is 6.09 Å². The zero-order valence-corrected chi connectivity index (χ0v) is 34.7. The van der Waals surface area contributed by atoms with E-state index in [-0.39, 0.29) is 36.1 Å². The van der Waals surface area contributed by atoms with Crippen LogP contribution in [0, 0.1) is 33.5 Å². The molecule has 9 nitrogen and oxygen atoms in total. The third-order valence-corrected chi connectivity index (χ3v) is 15.8. The summed E-state index contributed by atoms with van der Waals surface area (Å²) in [5.74, 6) is 2.30. The molecular weight excluding hydrogens is 743 g/mol. The lowest BCUT2D eigenvalue weighted by atomic mass is 9.32. The Hall–Kier alpha value is -5.12. The first-order chi connectivity index (χ1) is 28.3. The van der Waals surface area contributed by atoms with Crippen molar-refractivity contribution in [3.05, 3.63) is 120 Å². The van der Waals surface area contributed by atoms with Crippen molar-refractivity contribution in [2.24, 2.45) is 33.5 Å². The zero-order valence-electron chi connectivity index (χ0n) is 34.7. The molecule has 0 heterocycles. The molecular formula is C50H55NO8. The van der Waals surface area contributed by atoms with Crippen LogP contribution < -0.4 is 18.9 Å². The van der Waals surface area contributed by atoms with Gasteiger partial charge in [0.1, 0.15) is 23.0 Å². The highest BCUT2D eigenvalue weighted by molar-refractivity contribution is 6.10. The largest absolute Gasteiger partial charge is 0.497 e. The van der Waals surface area contributed by atoms with Crippen LogP contribution in [0.3, 0.4) is 0 Å². The van der Waals surface area contributed by atoms with Crippen molar-refractivity contribution in [3.8, 4) is 23.0 Å². The summed E-state index contributed by atoms with van der Waals surface area (Å²) < 4.78 is 22.8. The van der Waals surface area contributed by atoms with Crippen LogP contribution in [-0.2, 0) is 6.54 Å². The number of carbonyl (C=O) groups is 2. The summed E-state index contributed by atoms with van der Waals surface area (Å²) in [5, 5.41) is 26.4. The fraction of sp³-hybridized carbons (Fsp3) is 0.440. The number of aliphatic hydroxyl groups is 2. The Morgan fingerprint density at radius 2 is 1.42 bits per heavy atom. The smallest absolute Gasteiger partial charge is 0.415 e. The first-order valence-electron chi connectivity index (χ1n) is 21.0. The average molecular weight is 798 g/mol. The van der Waals surface area contributed by atoms with Gasteiger partial charge in [-0.1, -0.05) is 62.4 Å². The van der Waals surface area contributed by atoms with Crippen molar-refractivity contribution in [2.45, 2.75) is 77.0 Å². The molecule has 4 aromatic carbocycles. The topological polar surface area (TPSA) is 115 Å². The van der Waals surface area contributed by atoms with Crippen molar-refractivity contribution in [2.75, 3.05) is 27.9 Å². The van der Waals surface area contributed by atoms with Crippen LogP contribution >= 0.6 is 0 Å². The quantitative estimate of drug-likeness (QED) is 0.121. The predicted molar refractivity (Wildman–Crippen MR) is 226 cm³/mol. The normalized spacial score (nSPS) is 32.7. The molecule has 4 aromatic rings. The van der Waals surface area contributed by atoms with Gasteiger partial charge in [-0.15, -0.1) is 0 Å². The summed E-state index contributed by atoms with van der Waals surface area (Å²) in [6, 6.07) is 26.4. The summed E-state index contributed by atoms with van der Waals surface area (Å²) in [6.45, 7) is 4.71. The Morgan fingerprint density at radius 1 is 0.746 bits per heavy atom. The summed E-state index contributed by atoms with van der Waals surface area (Å²) in [6.07, 6.45) is 10.6. The fourth-order valence-corrected chi connectivity index (χ4v) is 12.6. The van der Waals surface area contributed by atoms with Gasteiger partial charge in [-0.25, -0.2) is 4.79 Å². The Bertz CT molecular complexity index is 2370. The van der Waals surface area contributed by atoms with Gasteiger partial charge in [-0.2, -0.15) is 0 Å². The van der Waals surface area contributed by atoms with Crippen LogP contribution in [0.2, 0.25) is 0 Å². The van der Waals surface area contributed by atoms with Gasteiger partial charge < -0.3 is 34.1 Å². The number of carbonyl (C=O) groups excluding carboxylic acids is 2. The first-order valence-corrected chi connectivity index (χ1v) is 21.0. The Kier molecular flexibility index (Phi) is 9.51. The molecule has 1 unspecified atom stereocenters. The highest BCUT2D eigenvalue weighted by Crippen LogP contribution is 2.78. The number of amides is 1. The summed E-state index contributed by atoms with van der Waals surface area (Å²) in [4.78, 5) is 31.2. The average Bonchev–Trinajstić information content (AvgIpc) is 3.52. The van der Waals surface area contributed by atoms with E-state index in [1.807, 2.05) is 72.8 Å². The maximum Gasteiger partial charge on any atom is 0.415 e. The van der Waals surface area contributed by atoms with E-state index >= 15 is 4.79 Å². The molecule has 308 valence electrons. The van der Waals surface area contributed by atoms with E-state index in [1.54, 1.807) is 38.4 Å². The molecule has 1 amide bonds. The van der Waals surface area contributed by atoms with Gasteiger partial charge in [-0.3, -0.25) is 4.79 Å². The Morgan fingerprint density at radius 3 is 2.17 bits per heavy atom. The minimum atomic E-state index is -1.32. The summed E-state index contributed by atoms with van der Waals surface area (Å²) in [5.41, 5.74) is -1.16. The third-order valence-electron chi connectivity index (χ3n) is 15.8. The highest BCUT2D eigenvalue weighted by atomic mass is 16.6. The van der Waals surface area contributed by atoms with Crippen molar-refractivity contribution in [1.82, 2.24) is 4.90 Å². The zero-order chi connectivity index (χ0) is 41.4. The fourth-order valence-electron chi connectivity index (χ4n) is 12.6. The van der Waals surface area contributed by atoms with Gasteiger partial charge in [-0.05, 0) is 121 Å². The second-order valence-corrected chi connectivity index (χ2v) is 18.3. The molecule has 6 aliphatic rings. The summed E-state index contributed by atoms with van der Waals surface area (Å²) in [7, 11) is 4.80. The van der Waals surface area contributed by atoms with Crippen molar-refractivity contribution in [3.63, 3.8) is 0 Å². The van der Waals surface area contributed by atoms with E-state index in [1.165, 1.54) is 0 Å². The number of nitrogens with zero attached hydrogens (tertiary/aromatic N) is 1. The third kappa shape index (κ3) is 5.93. The number of rotatable bonds is 10. The Balaban J connectivity index is 1.10. The first kappa shape index (κ1) is 39.3. The number of ketones is 1. The maximum absolute atomic E-state index is 15.0. The number of fused-ring (bicyclic) bond motifs is 2. The molecule has 10 rings (SSSR count). The number of hydrogen-bond acceptors (Lipinski definition) is 8. The summed E-state index contributed by atoms with van der Waals surface area (Å²) >= 11 is 0. The lowest BCUT2D eigenvalue weighted by molar-refractivity contribution is -0.175. The van der Waals surface area contributed by atoms with E-state index in [4.69, 9.17) is 18.9 Å². The number of ether oxygens (including phenoxy) is 4. The monoisotopic (exact) mass is 797 g/mol. The predicted octanol–water partition coefficient (Wildman–Crippen LogP) is 9.34. The van der Waals surface area contributed by atoms with Crippen LogP contribution in [0.15, 0.2) is 109 Å². The molecule has 2 bridgehead atoms. The number of aliphatic hydroxyl groups excluding tert-OH is 1. The number of benzene rings is 4. The molecule has 0 aliphatic heterocycles. The van der Waals surface area contributed by atoms with E-state index < -0.39 is 34.0 Å². The molecule has 3 saturated carbocycles. The molecule has 0 radical (unpaired) electrons. The van der Waals surface area contributed by atoms with Crippen LogP contribution in [-0.4, -0.2) is 66.6 Å². The molecule has 3 fully saturated rings. The van der Waals surface area contributed by atoms with Crippen molar-refractivity contribution < 1.29 is 38.7 Å². The lowest BCUT2D eigenvalue weighted by Gasteiger charge is -2.71. The number of Topliss-reactive ketones (excluding diaryl/α,β-unsaturated/α-hetero) is 1. The van der Waals surface area contributed by atoms with Crippen LogP contribution in [0.25, 0.3) is 10.8 Å². The van der Waals surface area contributed by atoms with Crippen LogP contribution in [0.5, 0.6) is 23.0 Å². The minimum absolute atomic E-state index is 0.0182. The van der Waals surface area contributed by atoms with Crippen LogP contribution in [0.1, 0.15) is 74.7 Å². The number of hydrogen-bond donors (Lipinski definition) is 2. The van der Waals surface area contributed by atoms with E-state index in [0.29, 0.717) is 47.8 Å². The Labute approximate surface area is 346 Å². The molecule has 9 heteroatoms. The SMILES string of the molecule is COc1ccc(C(=O)C2=C[C@@]34C=C[C@@]25[C@@H]2CC[C@@](O)(CN(Cc6ccc(OC)cc6OC)C(=O)Oc6ccc7ccccc7c6)[C@@]2(C)CC[C@@H]5[C@@]3(C)CCC(O)C4)cc1. The molecule has 2 spiro atoms. The lowest BCUT2D eigenvalue weighted by Crippen LogP contribution is -2.67. The second kappa shape index (κ2) is 14.3. The number of methoxy groups -OCH3 is 3.